The molecule has 9 rings (SSSR count). The highest BCUT2D eigenvalue weighted by molar-refractivity contribution is 7.10. The fraction of sp³-hybridized carbons (Fsp3) is 0.507. The molecule has 4 saturated heterocycles. The summed E-state index contributed by atoms with van der Waals surface area (Å²) in [5, 5.41) is 28.8. The van der Waals surface area contributed by atoms with Crippen LogP contribution in [0.25, 0.3) is 24.3 Å². The van der Waals surface area contributed by atoms with Crippen LogP contribution in [0.3, 0.4) is 0 Å². The average molecular weight is 1400 g/mol. The van der Waals surface area contributed by atoms with Gasteiger partial charge in [-0.2, -0.15) is 0 Å². The van der Waals surface area contributed by atoms with E-state index in [1.807, 2.05) is 48.5 Å². The van der Waals surface area contributed by atoms with E-state index in [9.17, 15) is 58.2 Å². The molecule has 3 amide bonds. The first-order valence-electron chi connectivity index (χ1n) is 34.4. The molecule has 1 aliphatic carbocycles. The van der Waals surface area contributed by atoms with Crippen molar-refractivity contribution in [3.8, 4) is 0 Å². The number of H-pyrrole nitrogens is 2. The number of nitrogens with zero attached hydrogens (tertiary/aromatic N) is 4. The number of ether oxygens (including phenoxy) is 3. The molecule has 4 aliphatic heterocycles. The smallest absolute Gasteiger partial charge is 0.330 e. The van der Waals surface area contributed by atoms with Crippen molar-refractivity contribution in [2.24, 2.45) is 5.73 Å². The van der Waals surface area contributed by atoms with E-state index < -0.39 is 90.3 Å². The summed E-state index contributed by atoms with van der Waals surface area (Å²) in [6.07, 6.45) is 20.2. The van der Waals surface area contributed by atoms with E-state index in [0.29, 0.717) is 13.1 Å². The van der Waals surface area contributed by atoms with E-state index in [-0.39, 0.29) is 104 Å². The Morgan fingerprint density at radius 2 is 1.14 bits per heavy atom. The number of carbonyl (C=O) groups is 6. The van der Waals surface area contributed by atoms with Gasteiger partial charge in [0.15, 0.2) is 11.6 Å². The van der Waals surface area contributed by atoms with Crippen LogP contribution in [0.15, 0.2) is 104 Å². The SMILES string of the molecule is CCCCN1CCCCC1C(=O)OC1C(=O)CCC1=O.[3H]POCC1OC(n2cc(/C=C/CNC(=O)/C=C/c3cccc(CN)c3)c(=O)[nH]c2=O)CC1O.[3H]POCC1OC(n2cc(/C=C/CNC(=O)/C=C/c3cccc(CNC(=O)C4CCCCN4CCCC)c3)c(=O)[nH]c2=O)CC1O. The van der Waals surface area contributed by atoms with Gasteiger partial charge in [-0.25, -0.2) is 9.59 Å². The second kappa shape index (κ2) is 40.5. The van der Waals surface area contributed by atoms with Crippen molar-refractivity contribution >= 4 is 78.4 Å². The fourth-order valence-electron chi connectivity index (χ4n) is 11.8. The molecule has 98 heavy (non-hydrogen) atoms. The van der Waals surface area contributed by atoms with E-state index in [4.69, 9.17) is 31.5 Å². The first-order chi connectivity index (χ1) is 48.3. The lowest BCUT2D eigenvalue weighted by molar-refractivity contribution is -0.163. The Morgan fingerprint density at radius 1 is 0.663 bits per heavy atom. The molecule has 10 atom stereocenters. The van der Waals surface area contributed by atoms with Gasteiger partial charge in [-0.1, -0.05) is 106 Å². The summed E-state index contributed by atoms with van der Waals surface area (Å²) >= 11 is 0. The minimum Gasteiger partial charge on any atom is -0.445 e. The number of esters is 1. The molecule has 2 aromatic carbocycles. The Morgan fingerprint density at radius 3 is 1.63 bits per heavy atom. The van der Waals surface area contributed by atoms with Gasteiger partial charge in [0.25, 0.3) is 11.1 Å². The van der Waals surface area contributed by atoms with E-state index in [2.05, 4.69) is 49.6 Å². The van der Waals surface area contributed by atoms with Gasteiger partial charge in [-0.05, 0) is 105 Å². The molecular weight excluding hydrogens is 1300 g/mol. The molecule has 10 unspecified atom stereocenters. The first kappa shape index (κ1) is 74.7. The molecule has 5 aliphatic rings. The normalized spacial score (nSPS) is 22.8. The number of nitrogens with one attached hydrogen (secondary N) is 5. The predicted molar refractivity (Wildman–Crippen MR) is 375 cm³/mol. The Hall–Kier alpha value is -7.52. The minimum absolute atomic E-state index is 0.0286. The van der Waals surface area contributed by atoms with Crippen LogP contribution in [-0.4, -0.2) is 172 Å². The van der Waals surface area contributed by atoms with Crippen molar-refractivity contribution in [2.45, 2.75) is 172 Å². The fourth-order valence-corrected chi connectivity index (χ4v) is 12.1. The lowest BCUT2D eigenvalue weighted by Crippen LogP contribution is -2.49. The van der Waals surface area contributed by atoms with Crippen LogP contribution in [0.2, 0.25) is 0 Å². The van der Waals surface area contributed by atoms with Crippen LogP contribution in [0.1, 0.15) is 150 Å². The number of nitrogens with two attached hydrogens (primary N) is 1. The topological polar surface area (TPSA) is 367 Å². The highest BCUT2D eigenvalue weighted by Gasteiger charge is 2.40. The largest absolute Gasteiger partial charge is 0.445 e. The standard InChI is InChI=1S/C32H44N5O7P.C22H27N4O6P.C15H23NO4/c1-2-3-15-36-16-5-4-11-25(36)31(41)34-19-23-9-6-8-22(17-23)12-13-28(39)33-14-7-10-24-20-37(32(42)35-30(24)40)29-18-26(38)27(44-29)21-43-45;23-11-15-4-1-3-14(9-15)6-7-19(28)24-8-2-5-16-12-26(22(30)25-21(16)29)20-10-17(27)18(32-20)13-31-33;1-2-3-9-16-10-5-4-6-11(16)15(19)20-14-12(17)7-8-13(14)18/h6-10,12-13,17,20,25-27,29,38H,2-5,11,14-16,18-19,21,45H2,1H3,(H,33,39)(H,34,41)(H,35,40,42);1-7,9,12,17-18,20,27H,8,10-11,13,23,33H2,(H,24,28)(H,25,29,30);11,14H,2-10H2,1H3/b10-7+,13-12+;5-2+,7-6+;/i45T;33T;. The second-order valence-corrected chi connectivity index (χ2v) is 25.0. The Labute approximate surface area is 576 Å². The number of ketones is 2. The van der Waals surface area contributed by atoms with E-state index in [1.165, 1.54) is 45.8 Å². The second-order valence-electron chi connectivity index (χ2n) is 24.4. The zero-order valence-electron chi connectivity index (χ0n) is 57.4. The summed E-state index contributed by atoms with van der Waals surface area (Å²) in [5.41, 5.74) is 7.04. The zero-order valence-corrected chi connectivity index (χ0v) is 57.4. The van der Waals surface area contributed by atoms with Gasteiger partial charge in [0, 0.05) is 95.2 Å². The van der Waals surface area contributed by atoms with E-state index >= 15 is 0 Å². The van der Waals surface area contributed by atoms with Crippen molar-refractivity contribution in [2.75, 3.05) is 52.5 Å². The van der Waals surface area contributed by atoms with E-state index in [0.717, 1.165) is 113 Å². The maximum Gasteiger partial charge on any atom is 0.330 e. The summed E-state index contributed by atoms with van der Waals surface area (Å²) < 4.78 is 43.1. The third-order valence-electron chi connectivity index (χ3n) is 17.2. The van der Waals surface area contributed by atoms with Crippen molar-refractivity contribution in [3.63, 3.8) is 0 Å². The van der Waals surface area contributed by atoms with Crippen LogP contribution in [0, 0.1) is 0 Å². The monoisotopic (exact) mass is 1400 g/mol. The van der Waals surface area contributed by atoms with Crippen molar-refractivity contribution in [3.05, 3.63) is 160 Å². The molecule has 6 heterocycles. The van der Waals surface area contributed by atoms with Gasteiger partial charge in [-0.3, -0.25) is 67.3 Å². The van der Waals surface area contributed by atoms with Crippen molar-refractivity contribution in [1.29, 1.82) is 2.56 Å². The van der Waals surface area contributed by atoms with E-state index in [1.54, 1.807) is 24.3 Å². The van der Waals surface area contributed by atoms with Crippen LogP contribution in [0.4, 0.5) is 0 Å². The number of aromatic amines is 2. The third kappa shape index (κ3) is 23.9. The highest BCUT2D eigenvalue weighted by atomic mass is 31.0. The van der Waals surface area contributed by atoms with Crippen molar-refractivity contribution < 1.29 is 62.2 Å². The van der Waals surface area contributed by atoms with Crippen LogP contribution in [0.5, 0.6) is 0 Å². The number of piperidine rings is 2. The number of hydrogen-bond acceptors (Lipinski definition) is 20. The summed E-state index contributed by atoms with van der Waals surface area (Å²) in [6, 6.07) is 14.8. The molecule has 29 heteroatoms. The molecule has 2 aromatic heterocycles. The lowest BCUT2D eigenvalue weighted by Gasteiger charge is -2.34. The molecule has 5 fully saturated rings. The van der Waals surface area contributed by atoms with Crippen LogP contribution >= 0.6 is 18.8 Å². The molecule has 532 valence electrons. The molecule has 0 bridgehead atoms. The lowest BCUT2D eigenvalue weighted by atomic mass is 10.0. The average Bonchev–Trinajstić information content (AvgIpc) is 1.59. The van der Waals surface area contributed by atoms with Gasteiger partial charge < -0.3 is 55.2 Å². The number of aromatic nitrogens is 4. The molecule has 27 nitrogen and oxygen atoms in total. The number of aliphatic hydroxyl groups excluding tert-OH is 2. The Kier molecular flexibility index (Phi) is 30.9. The maximum atomic E-state index is 12.9. The summed E-state index contributed by atoms with van der Waals surface area (Å²) in [6.45, 7) is 9.17. The number of hydrogen-bond donors (Lipinski definition) is 8. The summed E-state index contributed by atoms with van der Waals surface area (Å²) in [7, 11) is -0.989. The zero-order chi connectivity index (χ0) is 71.9. The van der Waals surface area contributed by atoms with Crippen molar-refractivity contribution in [1.82, 2.24) is 44.9 Å². The Balaban J connectivity index is 0.000000227. The quantitative estimate of drug-likeness (QED) is 0.0159. The molecule has 4 aromatic rings. The number of likely N-dealkylation sites (tertiary alicyclic amines) is 2. The molecular formula is C69H94N10O17P2. The number of Topliss-reactive ketones (excluding diaryl/α,β-unsaturated/α-hetero) is 2. The first-order valence-corrected chi connectivity index (χ1v) is 34.2. The van der Waals surface area contributed by atoms with Gasteiger partial charge in [0.1, 0.15) is 30.7 Å². The summed E-state index contributed by atoms with van der Waals surface area (Å²) in [5.74, 6) is -1.47. The number of unbranched alkanes of at least 4 members (excludes halogenated alkanes) is 2. The van der Waals surface area contributed by atoms with Gasteiger partial charge in [0.05, 0.1) is 45.1 Å². The van der Waals surface area contributed by atoms with Crippen LogP contribution in [-0.2, 0) is 65.1 Å². The molecule has 0 spiro atoms. The number of benzene rings is 2. The van der Waals surface area contributed by atoms with Crippen LogP contribution < -0.4 is 44.2 Å². The van der Waals surface area contributed by atoms with Gasteiger partial charge >= 0.3 is 17.3 Å². The summed E-state index contributed by atoms with van der Waals surface area (Å²) in [4.78, 5) is 131. The maximum absolute atomic E-state index is 12.9. The number of rotatable bonds is 30. The number of amides is 3. The number of aliphatic hydroxyl groups is 2. The number of carbonyl (C=O) groups excluding carboxylic acids is 6. The predicted octanol–water partition coefficient (Wildman–Crippen LogP) is 3.88. The van der Waals surface area contributed by atoms with Gasteiger partial charge in [0.2, 0.25) is 23.8 Å². The molecule has 1 saturated carbocycles. The highest BCUT2D eigenvalue weighted by Crippen LogP contribution is 2.30. The van der Waals surface area contributed by atoms with Gasteiger partial charge in [-0.15, -0.1) is 0 Å². The minimum atomic E-state index is -1.13. The molecule has 0 radical (unpaired) electrons. The molecule has 9 N–H and O–H groups in total. The third-order valence-corrected chi connectivity index (χ3v) is 17.5. The Bertz CT molecular complexity index is 3740.